The Balaban J connectivity index is 1.99. The molecule has 0 aliphatic carbocycles. The highest BCUT2D eigenvalue weighted by atomic mass is 16.4. The molecule has 1 amide bonds. The smallest absolute Gasteiger partial charge is 0.304 e. The quantitative estimate of drug-likeness (QED) is 0.861. The second-order valence-electron chi connectivity index (χ2n) is 4.09. The monoisotopic (exact) mass is 247 g/mol. The average molecular weight is 247 g/mol. The molecule has 0 spiro atoms. The number of likely N-dealkylation sites (N-methyl/N-ethyl adjacent to an activating group) is 1. The molecular weight excluding hydrogens is 234 g/mol. The normalized spacial score (nSPS) is 19.7. The van der Waals surface area contributed by atoms with E-state index in [0.29, 0.717) is 18.3 Å². The SMILES string of the molecule is CNC1C(=O)N(c2ncco2)CCc2ccoc21. The van der Waals surface area contributed by atoms with Gasteiger partial charge >= 0.3 is 6.01 Å². The number of nitrogens with one attached hydrogen (secondary N) is 1. The number of furan rings is 1. The van der Waals surface area contributed by atoms with E-state index in [-0.39, 0.29) is 5.91 Å². The van der Waals surface area contributed by atoms with Crippen LogP contribution in [0.5, 0.6) is 0 Å². The zero-order chi connectivity index (χ0) is 12.5. The fourth-order valence-corrected chi connectivity index (χ4v) is 2.21. The second kappa shape index (κ2) is 4.30. The molecule has 0 fully saturated rings. The first-order chi connectivity index (χ1) is 8.81. The zero-order valence-electron chi connectivity index (χ0n) is 9.92. The standard InChI is InChI=1S/C12H13N3O3/c1-13-9-10-8(3-6-17-10)2-5-15(11(9)16)12-14-4-7-18-12/h3-4,6-7,9,13H,2,5H2,1H3. The highest BCUT2D eigenvalue weighted by Gasteiger charge is 2.34. The third kappa shape index (κ3) is 1.62. The minimum absolute atomic E-state index is 0.117. The Morgan fingerprint density at radius 1 is 1.44 bits per heavy atom. The third-order valence-electron chi connectivity index (χ3n) is 3.10. The molecule has 94 valence electrons. The molecular formula is C12H13N3O3. The Labute approximate surface area is 104 Å². The van der Waals surface area contributed by atoms with Crippen LogP contribution in [-0.4, -0.2) is 24.5 Å². The Kier molecular flexibility index (Phi) is 2.64. The number of carbonyl (C=O) groups is 1. The van der Waals surface area contributed by atoms with Gasteiger partial charge in [0.2, 0.25) is 0 Å². The average Bonchev–Trinajstić information content (AvgIpc) is 3.01. The molecule has 2 aromatic heterocycles. The van der Waals surface area contributed by atoms with Crippen LogP contribution in [0, 0.1) is 0 Å². The van der Waals surface area contributed by atoms with Crippen LogP contribution in [0.25, 0.3) is 0 Å². The van der Waals surface area contributed by atoms with Crippen LogP contribution in [-0.2, 0) is 11.2 Å². The van der Waals surface area contributed by atoms with Crippen molar-refractivity contribution in [3.8, 4) is 0 Å². The van der Waals surface area contributed by atoms with Crippen LogP contribution in [0.2, 0.25) is 0 Å². The molecule has 3 heterocycles. The van der Waals surface area contributed by atoms with Gasteiger partial charge in [-0.25, -0.2) is 4.98 Å². The summed E-state index contributed by atoms with van der Waals surface area (Å²) in [6.07, 6.45) is 5.32. The van der Waals surface area contributed by atoms with Crippen molar-refractivity contribution in [3.63, 3.8) is 0 Å². The van der Waals surface area contributed by atoms with Gasteiger partial charge in [-0.1, -0.05) is 0 Å². The van der Waals surface area contributed by atoms with E-state index in [1.54, 1.807) is 13.3 Å². The van der Waals surface area contributed by atoms with Gasteiger partial charge in [-0.15, -0.1) is 0 Å². The summed E-state index contributed by atoms with van der Waals surface area (Å²) in [6.45, 7) is 0.532. The van der Waals surface area contributed by atoms with Crippen molar-refractivity contribution < 1.29 is 13.6 Å². The number of nitrogens with zero attached hydrogens (tertiary/aromatic N) is 2. The van der Waals surface area contributed by atoms with Gasteiger partial charge in [-0.05, 0) is 25.1 Å². The van der Waals surface area contributed by atoms with E-state index in [9.17, 15) is 4.79 Å². The molecule has 1 aliphatic heterocycles. The summed E-state index contributed by atoms with van der Waals surface area (Å²) in [5.74, 6) is 0.560. The number of hydrogen-bond donors (Lipinski definition) is 1. The van der Waals surface area contributed by atoms with Crippen LogP contribution < -0.4 is 10.2 Å². The van der Waals surface area contributed by atoms with Crippen molar-refractivity contribution >= 4 is 11.9 Å². The van der Waals surface area contributed by atoms with Crippen molar-refractivity contribution in [1.29, 1.82) is 0 Å². The van der Waals surface area contributed by atoms with E-state index >= 15 is 0 Å². The number of carbonyl (C=O) groups excluding carboxylic acids is 1. The van der Waals surface area contributed by atoms with Crippen molar-refractivity contribution in [3.05, 3.63) is 36.1 Å². The number of anilines is 1. The first-order valence-corrected chi connectivity index (χ1v) is 5.75. The van der Waals surface area contributed by atoms with E-state index in [0.717, 1.165) is 12.0 Å². The maximum absolute atomic E-state index is 12.4. The van der Waals surface area contributed by atoms with Gasteiger partial charge < -0.3 is 14.2 Å². The third-order valence-corrected chi connectivity index (χ3v) is 3.10. The second-order valence-corrected chi connectivity index (χ2v) is 4.09. The molecule has 1 aliphatic rings. The van der Waals surface area contributed by atoms with Gasteiger partial charge in [0.05, 0.1) is 12.5 Å². The van der Waals surface area contributed by atoms with Crippen LogP contribution in [0.1, 0.15) is 17.4 Å². The summed E-state index contributed by atoms with van der Waals surface area (Å²) in [4.78, 5) is 18.0. The van der Waals surface area contributed by atoms with Gasteiger partial charge in [-0.2, -0.15) is 0 Å². The summed E-state index contributed by atoms with van der Waals surface area (Å²) in [5, 5.41) is 2.97. The lowest BCUT2D eigenvalue weighted by atomic mass is 10.1. The number of hydrogen-bond acceptors (Lipinski definition) is 5. The molecule has 0 aromatic carbocycles. The first-order valence-electron chi connectivity index (χ1n) is 5.75. The molecule has 1 N–H and O–H groups in total. The van der Waals surface area contributed by atoms with Crippen LogP contribution in [0.3, 0.4) is 0 Å². The molecule has 1 atom stereocenters. The summed E-state index contributed by atoms with van der Waals surface area (Å²) in [7, 11) is 1.73. The lowest BCUT2D eigenvalue weighted by molar-refractivity contribution is -0.121. The van der Waals surface area contributed by atoms with E-state index in [4.69, 9.17) is 8.83 Å². The van der Waals surface area contributed by atoms with Crippen LogP contribution >= 0.6 is 0 Å². The van der Waals surface area contributed by atoms with Crippen LogP contribution in [0.4, 0.5) is 6.01 Å². The number of fused-ring (bicyclic) bond motifs is 1. The Morgan fingerprint density at radius 3 is 3.06 bits per heavy atom. The van der Waals surface area contributed by atoms with E-state index < -0.39 is 6.04 Å². The summed E-state index contributed by atoms with van der Waals surface area (Å²) < 4.78 is 10.6. The number of aromatic nitrogens is 1. The Morgan fingerprint density at radius 2 is 2.33 bits per heavy atom. The molecule has 18 heavy (non-hydrogen) atoms. The summed E-state index contributed by atoms with van der Waals surface area (Å²) in [5.41, 5.74) is 1.04. The predicted molar refractivity (Wildman–Crippen MR) is 63.1 cm³/mol. The highest BCUT2D eigenvalue weighted by Crippen LogP contribution is 2.27. The minimum atomic E-state index is -0.496. The lowest BCUT2D eigenvalue weighted by Crippen LogP contribution is -2.39. The largest absolute Gasteiger partial charge is 0.467 e. The lowest BCUT2D eigenvalue weighted by Gasteiger charge is -2.19. The molecule has 3 rings (SSSR count). The molecule has 1 unspecified atom stereocenters. The van der Waals surface area contributed by atoms with Gasteiger partial charge in [0, 0.05) is 6.54 Å². The van der Waals surface area contributed by atoms with Crippen molar-refractivity contribution in [2.45, 2.75) is 12.5 Å². The number of amides is 1. The number of rotatable bonds is 2. The van der Waals surface area contributed by atoms with Crippen molar-refractivity contribution in [2.24, 2.45) is 0 Å². The van der Waals surface area contributed by atoms with E-state index in [1.807, 2.05) is 6.07 Å². The number of oxazole rings is 1. The Bertz CT molecular complexity index is 547. The van der Waals surface area contributed by atoms with Crippen LogP contribution in [0.15, 0.2) is 33.6 Å². The predicted octanol–water partition coefficient (Wildman–Crippen LogP) is 1.12. The first kappa shape index (κ1) is 11.0. The van der Waals surface area contributed by atoms with Crippen molar-refractivity contribution in [2.75, 3.05) is 18.5 Å². The molecule has 0 bridgehead atoms. The fraction of sp³-hybridized carbons (Fsp3) is 0.333. The van der Waals surface area contributed by atoms with Gasteiger partial charge in [-0.3, -0.25) is 9.69 Å². The van der Waals surface area contributed by atoms with Gasteiger partial charge in [0.25, 0.3) is 5.91 Å². The Hall–Kier alpha value is -2.08. The maximum atomic E-state index is 12.4. The van der Waals surface area contributed by atoms with Gasteiger partial charge in [0.1, 0.15) is 18.1 Å². The molecule has 6 nitrogen and oxygen atoms in total. The molecule has 0 saturated carbocycles. The topological polar surface area (TPSA) is 71.5 Å². The van der Waals surface area contributed by atoms with Crippen molar-refractivity contribution in [1.82, 2.24) is 10.3 Å². The fourth-order valence-electron chi connectivity index (χ4n) is 2.21. The maximum Gasteiger partial charge on any atom is 0.304 e. The minimum Gasteiger partial charge on any atom is -0.467 e. The molecule has 0 saturated heterocycles. The van der Waals surface area contributed by atoms with E-state index in [2.05, 4.69) is 10.3 Å². The summed E-state index contributed by atoms with van der Waals surface area (Å²) >= 11 is 0. The van der Waals surface area contributed by atoms with E-state index in [1.165, 1.54) is 17.4 Å². The highest BCUT2D eigenvalue weighted by molar-refractivity contribution is 5.96. The van der Waals surface area contributed by atoms with Gasteiger partial charge in [0.15, 0.2) is 0 Å². The zero-order valence-corrected chi connectivity index (χ0v) is 9.92. The molecule has 2 aromatic rings. The molecule has 6 heteroatoms. The summed E-state index contributed by atoms with van der Waals surface area (Å²) in [6, 6.07) is 1.72. The molecule has 0 radical (unpaired) electrons.